The van der Waals surface area contributed by atoms with Crippen molar-refractivity contribution < 1.29 is 9.90 Å². The molecular formula is C16H21N3O2. The Morgan fingerprint density at radius 1 is 1.29 bits per heavy atom. The fourth-order valence-electron chi connectivity index (χ4n) is 3.40. The fraction of sp³-hybridized carbons (Fsp3) is 0.562. The van der Waals surface area contributed by atoms with Gasteiger partial charge in [0, 0.05) is 6.20 Å². The van der Waals surface area contributed by atoms with Crippen LogP contribution in [0.2, 0.25) is 0 Å². The SMILES string of the molecule is Cc1cc(C[C@H]2CC[C@H](C(=O)O)CC2)cn2c(C)nnc12. The molecule has 3 rings (SSSR count). The van der Waals surface area contributed by atoms with Gasteiger partial charge in [-0.1, -0.05) is 6.07 Å². The summed E-state index contributed by atoms with van der Waals surface area (Å²) in [6, 6.07) is 2.19. The molecule has 5 nitrogen and oxygen atoms in total. The first-order valence-corrected chi connectivity index (χ1v) is 7.58. The molecule has 0 spiro atoms. The van der Waals surface area contributed by atoms with Gasteiger partial charge in [-0.15, -0.1) is 10.2 Å². The van der Waals surface area contributed by atoms with E-state index in [-0.39, 0.29) is 5.92 Å². The molecule has 1 fully saturated rings. The number of aliphatic carboxylic acids is 1. The monoisotopic (exact) mass is 287 g/mol. The Morgan fingerprint density at radius 2 is 2.00 bits per heavy atom. The first-order chi connectivity index (χ1) is 10.0. The molecule has 2 aromatic heterocycles. The van der Waals surface area contributed by atoms with Gasteiger partial charge in [0.15, 0.2) is 5.65 Å². The van der Waals surface area contributed by atoms with Crippen LogP contribution in [0.4, 0.5) is 0 Å². The van der Waals surface area contributed by atoms with E-state index in [1.165, 1.54) is 5.56 Å². The van der Waals surface area contributed by atoms with Crippen LogP contribution in [0.3, 0.4) is 0 Å². The van der Waals surface area contributed by atoms with Crippen molar-refractivity contribution in [3.8, 4) is 0 Å². The molecular weight excluding hydrogens is 266 g/mol. The summed E-state index contributed by atoms with van der Waals surface area (Å²) < 4.78 is 2.05. The molecule has 1 aliphatic carbocycles. The Bertz CT molecular complexity index is 669. The van der Waals surface area contributed by atoms with Gasteiger partial charge in [-0.25, -0.2) is 0 Å². The Labute approximate surface area is 124 Å². The van der Waals surface area contributed by atoms with Crippen LogP contribution in [0.25, 0.3) is 5.65 Å². The maximum Gasteiger partial charge on any atom is 0.306 e. The Morgan fingerprint density at radius 3 is 2.67 bits per heavy atom. The smallest absolute Gasteiger partial charge is 0.306 e. The van der Waals surface area contributed by atoms with E-state index in [0.29, 0.717) is 5.92 Å². The largest absolute Gasteiger partial charge is 0.481 e. The molecule has 0 amide bonds. The molecule has 0 radical (unpaired) electrons. The Kier molecular flexibility index (Phi) is 3.66. The molecule has 1 saturated carbocycles. The molecule has 5 heteroatoms. The van der Waals surface area contributed by atoms with Crippen LogP contribution in [0.1, 0.15) is 42.6 Å². The quantitative estimate of drug-likeness (QED) is 0.942. The van der Waals surface area contributed by atoms with Gasteiger partial charge in [0.25, 0.3) is 0 Å². The van der Waals surface area contributed by atoms with E-state index in [4.69, 9.17) is 5.11 Å². The number of nitrogens with zero attached hydrogens (tertiary/aromatic N) is 3. The highest BCUT2D eigenvalue weighted by Crippen LogP contribution is 2.31. The molecule has 112 valence electrons. The highest BCUT2D eigenvalue weighted by molar-refractivity contribution is 5.70. The number of carbonyl (C=O) groups is 1. The van der Waals surface area contributed by atoms with Gasteiger partial charge in [0.05, 0.1) is 5.92 Å². The summed E-state index contributed by atoms with van der Waals surface area (Å²) >= 11 is 0. The van der Waals surface area contributed by atoms with E-state index in [1.54, 1.807) is 0 Å². The molecule has 2 heterocycles. The van der Waals surface area contributed by atoms with Crippen molar-refractivity contribution in [2.75, 3.05) is 0 Å². The maximum absolute atomic E-state index is 11.0. The predicted molar refractivity (Wildman–Crippen MR) is 79.2 cm³/mol. The number of fused-ring (bicyclic) bond motifs is 1. The number of carboxylic acid groups (broad SMARTS) is 1. The van der Waals surface area contributed by atoms with Crippen LogP contribution >= 0.6 is 0 Å². The van der Waals surface area contributed by atoms with Gasteiger partial charge in [-0.2, -0.15) is 0 Å². The predicted octanol–water partition coefficient (Wildman–Crippen LogP) is 2.78. The molecule has 0 bridgehead atoms. The summed E-state index contributed by atoms with van der Waals surface area (Å²) in [6.45, 7) is 4.02. The summed E-state index contributed by atoms with van der Waals surface area (Å²) in [5.41, 5.74) is 3.36. The van der Waals surface area contributed by atoms with E-state index in [2.05, 4.69) is 29.4 Å². The molecule has 0 atom stereocenters. The highest BCUT2D eigenvalue weighted by atomic mass is 16.4. The minimum Gasteiger partial charge on any atom is -0.481 e. The number of pyridine rings is 1. The zero-order valence-corrected chi connectivity index (χ0v) is 12.5. The topological polar surface area (TPSA) is 67.5 Å². The zero-order chi connectivity index (χ0) is 15.0. The Hall–Kier alpha value is -1.91. The van der Waals surface area contributed by atoms with Crippen molar-refractivity contribution >= 4 is 11.6 Å². The summed E-state index contributed by atoms with van der Waals surface area (Å²) in [5.74, 6) is 0.732. The number of rotatable bonds is 3. The number of hydrogen-bond acceptors (Lipinski definition) is 3. The van der Waals surface area contributed by atoms with Crippen molar-refractivity contribution in [3.05, 3.63) is 29.2 Å². The number of aryl methyl sites for hydroxylation is 2. The van der Waals surface area contributed by atoms with E-state index < -0.39 is 5.97 Å². The van der Waals surface area contributed by atoms with Crippen molar-refractivity contribution in [3.63, 3.8) is 0 Å². The number of hydrogen-bond donors (Lipinski definition) is 1. The molecule has 0 aromatic carbocycles. The van der Waals surface area contributed by atoms with Crippen LogP contribution in [-0.2, 0) is 11.2 Å². The van der Waals surface area contributed by atoms with Crippen LogP contribution in [0.5, 0.6) is 0 Å². The minimum atomic E-state index is -0.633. The van der Waals surface area contributed by atoms with Crippen LogP contribution in [0.15, 0.2) is 12.3 Å². The van der Waals surface area contributed by atoms with Crippen molar-refractivity contribution in [1.29, 1.82) is 0 Å². The molecule has 0 aliphatic heterocycles. The highest BCUT2D eigenvalue weighted by Gasteiger charge is 2.26. The molecule has 21 heavy (non-hydrogen) atoms. The second-order valence-electron chi connectivity index (χ2n) is 6.23. The number of aromatic nitrogens is 3. The van der Waals surface area contributed by atoms with Gasteiger partial charge >= 0.3 is 5.97 Å². The van der Waals surface area contributed by atoms with Crippen molar-refractivity contribution in [1.82, 2.24) is 14.6 Å². The fourth-order valence-corrected chi connectivity index (χ4v) is 3.40. The molecule has 0 unspecified atom stereocenters. The second kappa shape index (κ2) is 5.47. The van der Waals surface area contributed by atoms with Crippen LogP contribution in [0, 0.1) is 25.7 Å². The van der Waals surface area contributed by atoms with Crippen molar-refractivity contribution in [2.45, 2.75) is 46.0 Å². The third-order valence-electron chi connectivity index (χ3n) is 4.64. The van der Waals surface area contributed by atoms with Gasteiger partial charge in [-0.05, 0) is 63.0 Å². The lowest BCUT2D eigenvalue weighted by Gasteiger charge is -2.26. The zero-order valence-electron chi connectivity index (χ0n) is 12.5. The number of carboxylic acids is 1. The normalized spacial score (nSPS) is 22.6. The van der Waals surface area contributed by atoms with Gasteiger partial charge in [0.1, 0.15) is 5.82 Å². The molecule has 2 aromatic rings. The third kappa shape index (κ3) is 2.77. The average Bonchev–Trinajstić information content (AvgIpc) is 2.82. The molecule has 1 aliphatic rings. The van der Waals surface area contributed by atoms with Gasteiger partial charge < -0.3 is 5.11 Å². The first kappa shape index (κ1) is 14.0. The van der Waals surface area contributed by atoms with Gasteiger partial charge in [-0.3, -0.25) is 9.20 Å². The summed E-state index contributed by atoms with van der Waals surface area (Å²) in [5, 5.41) is 17.4. The molecule has 0 saturated heterocycles. The van der Waals surface area contributed by atoms with E-state index in [1.807, 2.05) is 11.3 Å². The lowest BCUT2D eigenvalue weighted by atomic mass is 9.79. The van der Waals surface area contributed by atoms with Crippen molar-refractivity contribution in [2.24, 2.45) is 11.8 Å². The van der Waals surface area contributed by atoms with E-state index >= 15 is 0 Å². The summed E-state index contributed by atoms with van der Waals surface area (Å²) in [6.07, 6.45) is 6.78. The first-order valence-electron chi connectivity index (χ1n) is 7.58. The lowest BCUT2D eigenvalue weighted by Crippen LogP contribution is -2.22. The minimum absolute atomic E-state index is 0.134. The maximum atomic E-state index is 11.0. The second-order valence-corrected chi connectivity index (χ2v) is 6.23. The van der Waals surface area contributed by atoms with E-state index in [0.717, 1.165) is 49.1 Å². The van der Waals surface area contributed by atoms with Crippen LogP contribution < -0.4 is 0 Å². The lowest BCUT2D eigenvalue weighted by molar-refractivity contribution is -0.143. The van der Waals surface area contributed by atoms with Gasteiger partial charge in [0.2, 0.25) is 0 Å². The summed E-state index contributed by atoms with van der Waals surface area (Å²) in [4.78, 5) is 11.0. The van der Waals surface area contributed by atoms with E-state index in [9.17, 15) is 4.79 Å². The third-order valence-corrected chi connectivity index (χ3v) is 4.64. The Balaban J connectivity index is 1.74. The standard InChI is InChI=1S/C16H21N3O2/c1-10-7-13(9-19-11(2)17-18-15(10)19)8-12-3-5-14(6-4-12)16(20)21/h7,9,12,14H,3-6,8H2,1-2H3,(H,20,21)/t12-,14-. The molecule has 1 N–H and O–H groups in total. The van der Waals surface area contributed by atoms with Crippen LogP contribution in [-0.4, -0.2) is 25.7 Å². The average molecular weight is 287 g/mol. The summed E-state index contributed by atoms with van der Waals surface area (Å²) in [7, 11) is 0.